The SMILES string of the molecule is COC(OC)C(C)NC1CCN(C(=O)OC(C)(C)C)C2(CCC2)C1. The van der Waals surface area contributed by atoms with Crippen LogP contribution in [0.25, 0.3) is 0 Å². The Kier molecular flexibility index (Phi) is 6.15. The predicted octanol–water partition coefficient (Wildman–Crippen LogP) is 2.91. The molecule has 0 radical (unpaired) electrons. The highest BCUT2D eigenvalue weighted by atomic mass is 16.7. The molecule has 1 spiro atoms. The van der Waals surface area contributed by atoms with Crippen molar-refractivity contribution in [2.45, 2.75) is 89.3 Å². The summed E-state index contributed by atoms with van der Waals surface area (Å²) >= 11 is 0. The largest absolute Gasteiger partial charge is 0.444 e. The van der Waals surface area contributed by atoms with E-state index in [1.807, 2.05) is 25.7 Å². The number of ether oxygens (including phenoxy) is 3. The van der Waals surface area contributed by atoms with Crippen LogP contribution in [-0.2, 0) is 14.2 Å². The molecule has 6 heteroatoms. The maximum Gasteiger partial charge on any atom is 0.410 e. The Labute approximate surface area is 146 Å². The molecule has 1 N–H and O–H groups in total. The van der Waals surface area contributed by atoms with Crippen LogP contribution in [0.3, 0.4) is 0 Å². The summed E-state index contributed by atoms with van der Waals surface area (Å²) < 4.78 is 16.3. The van der Waals surface area contributed by atoms with Crippen LogP contribution in [-0.4, -0.2) is 61.3 Å². The van der Waals surface area contributed by atoms with Gasteiger partial charge in [-0.2, -0.15) is 0 Å². The lowest BCUT2D eigenvalue weighted by molar-refractivity contribution is -0.124. The molecule has 140 valence electrons. The van der Waals surface area contributed by atoms with Gasteiger partial charge in [-0.1, -0.05) is 0 Å². The van der Waals surface area contributed by atoms with Gasteiger partial charge in [-0.25, -0.2) is 4.79 Å². The molecule has 1 amide bonds. The summed E-state index contributed by atoms with van der Waals surface area (Å²) in [6.07, 6.45) is 4.78. The predicted molar refractivity (Wildman–Crippen MR) is 92.9 cm³/mol. The van der Waals surface area contributed by atoms with E-state index in [4.69, 9.17) is 14.2 Å². The lowest BCUT2D eigenvalue weighted by Gasteiger charge is -2.55. The van der Waals surface area contributed by atoms with Gasteiger partial charge in [0.25, 0.3) is 0 Å². The minimum absolute atomic E-state index is 0.0341. The van der Waals surface area contributed by atoms with Gasteiger partial charge in [-0.05, 0) is 59.8 Å². The summed E-state index contributed by atoms with van der Waals surface area (Å²) in [4.78, 5) is 14.6. The normalized spacial score (nSPS) is 24.8. The fourth-order valence-electron chi connectivity index (χ4n) is 3.95. The summed E-state index contributed by atoms with van der Waals surface area (Å²) in [5.74, 6) is 0. The van der Waals surface area contributed by atoms with Crippen molar-refractivity contribution in [2.24, 2.45) is 0 Å². The van der Waals surface area contributed by atoms with E-state index in [0.717, 1.165) is 32.2 Å². The number of nitrogens with one attached hydrogen (secondary N) is 1. The molecule has 24 heavy (non-hydrogen) atoms. The Morgan fingerprint density at radius 2 is 1.88 bits per heavy atom. The molecular formula is C18H34N2O4. The number of methoxy groups -OCH3 is 2. The van der Waals surface area contributed by atoms with E-state index in [1.54, 1.807) is 14.2 Å². The van der Waals surface area contributed by atoms with Crippen molar-refractivity contribution >= 4 is 6.09 Å². The van der Waals surface area contributed by atoms with Gasteiger partial charge < -0.3 is 24.4 Å². The van der Waals surface area contributed by atoms with Gasteiger partial charge in [0.2, 0.25) is 0 Å². The summed E-state index contributed by atoms with van der Waals surface area (Å²) in [6, 6.07) is 0.474. The third kappa shape index (κ3) is 4.41. The van der Waals surface area contributed by atoms with Crippen molar-refractivity contribution in [2.75, 3.05) is 20.8 Å². The first-order valence-corrected chi connectivity index (χ1v) is 9.03. The number of carbonyl (C=O) groups is 1. The van der Waals surface area contributed by atoms with Crippen LogP contribution in [0.1, 0.15) is 59.8 Å². The fourth-order valence-corrected chi connectivity index (χ4v) is 3.95. The average molecular weight is 342 g/mol. The second kappa shape index (κ2) is 7.58. The van der Waals surface area contributed by atoms with Crippen LogP contribution < -0.4 is 5.32 Å². The summed E-state index contributed by atoms with van der Waals surface area (Å²) in [7, 11) is 3.32. The van der Waals surface area contributed by atoms with Crippen molar-refractivity contribution < 1.29 is 19.0 Å². The van der Waals surface area contributed by atoms with Gasteiger partial charge in [0.15, 0.2) is 6.29 Å². The highest BCUT2D eigenvalue weighted by Gasteiger charge is 2.50. The highest BCUT2D eigenvalue weighted by Crippen LogP contribution is 2.45. The summed E-state index contributed by atoms with van der Waals surface area (Å²) in [5.41, 5.74) is -0.483. The lowest BCUT2D eigenvalue weighted by Crippen LogP contribution is -2.64. The third-order valence-corrected chi connectivity index (χ3v) is 5.17. The number of hydrogen-bond acceptors (Lipinski definition) is 5. The average Bonchev–Trinajstić information content (AvgIpc) is 2.44. The van der Waals surface area contributed by atoms with Crippen LogP contribution in [0.4, 0.5) is 4.79 Å². The van der Waals surface area contributed by atoms with E-state index in [1.165, 1.54) is 6.42 Å². The number of likely N-dealkylation sites (tertiary alicyclic amines) is 1. The molecule has 1 saturated heterocycles. The van der Waals surface area contributed by atoms with Crippen LogP contribution in [0.5, 0.6) is 0 Å². The molecular weight excluding hydrogens is 308 g/mol. The summed E-state index contributed by atoms with van der Waals surface area (Å²) in [6.45, 7) is 8.58. The fraction of sp³-hybridized carbons (Fsp3) is 0.944. The molecule has 1 aliphatic carbocycles. The highest BCUT2D eigenvalue weighted by molar-refractivity contribution is 5.69. The van der Waals surface area contributed by atoms with Crippen LogP contribution >= 0.6 is 0 Å². The Morgan fingerprint density at radius 1 is 1.25 bits per heavy atom. The van der Waals surface area contributed by atoms with Gasteiger partial charge in [0.1, 0.15) is 5.60 Å². The third-order valence-electron chi connectivity index (χ3n) is 5.17. The standard InChI is InChI=1S/C18H34N2O4/c1-13(15(22-5)23-6)19-14-8-11-20(16(21)24-17(2,3)4)18(12-14)9-7-10-18/h13-15,19H,7-12H2,1-6H3. The number of nitrogens with zero attached hydrogens (tertiary/aromatic N) is 1. The van der Waals surface area contributed by atoms with Gasteiger partial charge in [-0.3, -0.25) is 0 Å². The number of amides is 1. The van der Waals surface area contributed by atoms with E-state index >= 15 is 0 Å². The smallest absolute Gasteiger partial charge is 0.410 e. The molecule has 2 rings (SSSR count). The number of carbonyl (C=O) groups excluding carboxylic acids is 1. The Bertz CT molecular complexity index is 427. The molecule has 2 unspecified atom stereocenters. The minimum atomic E-state index is -0.449. The zero-order chi connectivity index (χ0) is 18.0. The molecule has 2 fully saturated rings. The number of piperidine rings is 1. The van der Waals surface area contributed by atoms with Gasteiger partial charge in [0, 0.05) is 32.3 Å². The van der Waals surface area contributed by atoms with Crippen LogP contribution in [0.15, 0.2) is 0 Å². The van der Waals surface area contributed by atoms with Gasteiger partial charge in [-0.15, -0.1) is 0 Å². The number of rotatable bonds is 5. The zero-order valence-electron chi connectivity index (χ0n) is 16.1. The van der Waals surface area contributed by atoms with Crippen molar-refractivity contribution in [3.63, 3.8) is 0 Å². The topological polar surface area (TPSA) is 60.0 Å². The van der Waals surface area contributed by atoms with Gasteiger partial charge in [0.05, 0.1) is 6.04 Å². The van der Waals surface area contributed by atoms with Crippen molar-refractivity contribution in [1.29, 1.82) is 0 Å². The second-order valence-corrected chi connectivity index (χ2v) is 8.19. The Morgan fingerprint density at radius 3 is 2.33 bits per heavy atom. The van der Waals surface area contributed by atoms with Crippen molar-refractivity contribution in [3.05, 3.63) is 0 Å². The molecule has 0 aromatic rings. The molecule has 1 saturated carbocycles. The molecule has 0 aromatic carbocycles. The van der Waals surface area contributed by atoms with Crippen molar-refractivity contribution in [3.8, 4) is 0 Å². The van der Waals surface area contributed by atoms with E-state index in [2.05, 4.69) is 12.2 Å². The van der Waals surface area contributed by atoms with E-state index in [9.17, 15) is 4.79 Å². The minimum Gasteiger partial charge on any atom is -0.444 e. The van der Waals surface area contributed by atoms with Crippen LogP contribution in [0, 0.1) is 0 Å². The van der Waals surface area contributed by atoms with E-state index in [-0.39, 0.29) is 24.0 Å². The maximum atomic E-state index is 12.6. The van der Waals surface area contributed by atoms with E-state index < -0.39 is 5.60 Å². The zero-order valence-corrected chi connectivity index (χ0v) is 16.1. The second-order valence-electron chi connectivity index (χ2n) is 8.19. The summed E-state index contributed by atoms with van der Waals surface area (Å²) in [5, 5.41) is 3.62. The van der Waals surface area contributed by atoms with Gasteiger partial charge >= 0.3 is 6.09 Å². The molecule has 2 atom stereocenters. The molecule has 1 heterocycles. The van der Waals surface area contributed by atoms with Crippen LogP contribution in [0.2, 0.25) is 0 Å². The quantitative estimate of drug-likeness (QED) is 0.779. The lowest BCUT2D eigenvalue weighted by atomic mass is 9.69. The Balaban J connectivity index is 1.98. The molecule has 1 aliphatic heterocycles. The molecule has 6 nitrogen and oxygen atoms in total. The maximum absolute atomic E-state index is 12.6. The molecule has 0 aromatic heterocycles. The first-order valence-electron chi connectivity index (χ1n) is 9.03. The van der Waals surface area contributed by atoms with Crippen molar-refractivity contribution in [1.82, 2.24) is 10.2 Å². The first-order chi connectivity index (χ1) is 11.2. The Hall–Kier alpha value is -0.850. The van der Waals surface area contributed by atoms with E-state index in [0.29, 0.717) is 6.04 Å². The monoisotopic (exact) mass is 342 g/mol. The first kappa shape index (κ1) is 19.5. The number of hydrogen-bond donors (Lipinski definition) is 1. The molecule has 0 bridgehead atoms. The molecule has 2 aliphatic rings.